The van der Waals surface area contributed by atoms with Crippen molar-refractivity contribution in [1.82, 2.24) is 25.0 Å². The van der Waals surface area contributed by atoms with Gasteiger partial charge in [-0.1, -0.05) is 25.9 Å². The number of aromatic nitrogens is 4. The molecule has 0 saturated carbocycles. The van der Waals surface area contributed by atoms with Crippen molar-refractivity contribution in [1.29, 1.82) is 0 Å². The van der Waals surface area contributed by atoms with E-state index in [4.69, 9.17) is 15.0 Å². The van der Waals surface area contributed by atoms with Crippen molar-refractivity contribution in [3.63, 3.8) is 0 Å². The van der Waals surface area contributed by atoms with E-state index in [1.54, 1.807) is 12.4 Å². The van der Waals surface area contributed by atoms with Gasteiger partial charge in [-0.25, -0.2) is 9.97 Å². The van der Waals surface area contributed by atoms with Crippen molar-refractivity contribution >= 4 is 17.9 Å². The molecule has 2 aromatic rings. The van der Waals surface area contributed by atoms with Crippen LogP contribution in [0.3, 0.4) is 0 Å². The lowest BCUT2D eigenvalue weighted by atomic mass is 9.84. The predicted molar refractivity (Wildman–Crippen MR) is 140 cm³/mol. The first-order valence-corrected chi connectivity index (χ1v) is 13.7. The zero-order valence-electron chi connectivity index (χ0n) is 22.3. The van der Waals surface area contributed by atoms with E-state index in [9.17, 15) is 4.79 Å². The highest BCUT2D eigenvalue weighted by Gasteiger charge is 2.39. The molecular formula is C26H40N8O3. The Bertz CT molecular complexity index is 1040. The fourth-order valence-corrected chi connectivity index (χ4v) is 5.72. The van der Waals surface area contributed by atoms with E-state index in [1.165, 1.54) is 0 Å². The van der Waals surface area contributed by atoms with E-state index >= 15 is 0 Å². The number of hydrogen-bond acceptors (Lipinski definition) is 10. The summed E-state index contributed by atoms with van der Waals surface area (Å²) < 4.78 is 11.4. The maximum absolute atomic E-state index is 12.1. The molecular weight excluding hydrogens is 472 g/mol. The van der Waals surface area contributed by atoms with Gasteiger partial charge in [-0.2, -0.15) is 4.98 Å². The van der Waals surface area contributed by atoms with Crippen molar-refractivity contribution < 1.29 is 14.1 Å². The Hall–Kier alpha value is -2.95. The van der Waals surface area contributed by atoms with Crippen molar-refractivity contribution in [3.05, 3.63) is 18.2 Å². The van der Waals surface area contributed by atoms with Crippen molar-refractivity contribution in [2.24, 2.45) is 17.6 Å². The number of carbonyl (C=O) groups excluding carboxylic acids is 1. The second-order valence-electron chi connectivity index (χ2n) is 11.1. The first kappa shape index (κ1) is 25.7. The molecule has 202 valence electrons. The molecule has 1 amide bonds. The van der Waals surface area contributed by atoms with Gasteiger partial charge in [0.1, 0.15) is 0 Å². The van der Waals surface area contributed by atoms with E-state index in [2.05, 4.69) is 50.7 Å². The van der Waals surface area contributed by atoms with Crippen LogP contribution in [0.2, 0.25) is 0 Å². The number of likely N-dealkylation sites (tertiary alicyclic amines) is 1. The molecule has 3 fully saturated rings. The monoisotopic (exact) mass is 512 g/mol. The van der Waals surface area contributed by atoms with Gasteiger partial charge in [-0.15, -0.1) is 0 Å². The third-order valence-electron chi connectivity index (χ3n) is 8.14. The number of anilines is 2. The summed E-state index contributed by atoms with van der Waals surface area (Å²) in [6.45, 7) is 11.1. The van der Waals surface area contributed by atoms with Crippen LogP contribution in [0.25, 0.3) is 0 Å². The summed E-state index contributed by atoms with van der Waals surface area (Å²) in [6, 6.07) is 0.601. The summed E-state index contributed by atoms with van der Waals surface area (Å²) in [5.74, 6) is 3.78. The molecule has 2 aromatic heterocycles. The highest BCUT2D eigenvalue weighted by molar-refractivity contribution is 5.78. The topological polar surface area (TPSA) is 127 Å². The molecule has 11 nitrogen and oxygen atoms in total. The van der Waals surface area contributed by atoms with E-state index in [-0.39, 0.29) is 23.9 Å². The molecule has 37 heavy (non-hydrogen) atoms. The lowest BCUT2D eigenvalue weighted by Gasteiger charge is -2.33. The van der Waals surface area contributed by atoms with Gasteiger partial charge in [0.2, 0.25) is 11.9 Å². The average molecular weight is 513 g/mol. The number of hydrogen-bond donors (Lipinski definition) is 1. The van der Waals surface area contributed by atoms with Gasteiger partial charge < -0.3 is 29.7 Å². The van der Waals surface area contributed by atoms with Crippen molar-refractivity contribution in [2.75, 3.05) is 49.1 Å². The average Bonchev–Trinajstić information content (AvgIpc) is 3.64. The third-order valence-corrected chi connectivity index (χ3v) is 8.14. The summed E-state index contributed by atoms with van der Waals surface area (Å²) >= 11 is 0. The molecule has 0 aromatic carbocycles. The Morgan fingerprint density at radius 3 is 2.51 bits per heavy atom. The minimum atomic E-state index is -0.0838. The Balaban J connectivity index is 1.04. The molecule has 2 unspecified atom stereocenters. The molecule has 0 aliphatic carbocycles. The highest BCUT2D eigenvalue weighted by atomic mass is 16.5. The molecule has 2 N–H and O–H groups in total. The standard InChI is InChI=1S/C26H40N8O3/c1-17(2)24-30-26(37-31-24)32-10-6-19(7-11-32)18(3)8-12-36-20-13-28-25(29-14-20)33-15-21(27)22(16-33)34-9-4-5-23(34)35/h13-14,17-19,21-22H,4-12,15-16,27H2,1-3H3/t18-,21?,22?/m1/s1. The quantitative estimate of drug-likeness (QED) is 0.535. The van der Waals surface area contributed by atoms with Gasteiger partial charge in [-0.05, 0) is 37.5 Å². The molecule has 0 bridgehead atoms. The number of nitrogens with zero attached hydrogens (tertiary/aromatic N) is 7. The molecule has 3 atom stereocenters. The molecule has 5 rings (SSSR count). The molecule has 3 aliphatic rings. The smallest absolute Gasteiger partial charge is 0.324 e. The van der Waals surface area contributed by atoms with Crippen LogP contribution in [0.5, 0.6) is 5.75 Å². The number of ether oxygens (including phenoxy) is 1. The third kappa shape index (κ3) is 5.81. The largest absolute Gasteiger partial charge is 0.490 e. The van der Waals surface area contributed by atoms with Crippen LogP contribution in [0.1, 0.15) is 64.6 Å². The molecule has 3 saturated heterocycles. The van der Waals surface area contributed by atoms with Crippen LogP contribution in [0.4, 0.5) is 12.0 Å². The van der Waals surface area contributed by atoms with E-state index in [1.807, 2.05) is 4.90 Å². The van der Waals surface area contributed by atoms with Crippen LogP contribution in [-0.2, 0) is 4.79 Å². The van der Waals surface area contributed by atoms with Gasteiger partial charge in [0.25, 0.3) is 0 Å². The second kappa shape index (κ2) is 11.2. The van der Waals surface area contributed by atoms with Crippen LogP contribution in [0.15, 0.2) is 16.9 Å². The minimum Gasteiger partial charge on any atom is -0.490 e. The molecule has 0 radical (unpaired) electrons. The Morgan fingerprint density at radius 2 is 1.86 bits per heavy atom. The number of carbonyl (C=O) groups is 1. The van der Waals surface area contributed by atoms with Gasteiger partial charge in [0, 0.05) is 51.1 Å². The Labute approximate surface area is 218 Å². The van der Waals surface area contributed by atoms with E-state index in [0.29, 0.717) is 55.7 Å². The number of nitrogens with two attached hydrogens (primary N) is 1. The molecule has 3 aliphatic heterocycles. The molecule has 11 heteroatoms. The first-order valence-electron chi connectivity index (χ1n) is 13.7. The SMILES string of the molecule is CC(C)c1noc(N2CCC([C@H](C)CCOc3cnc(N4CC(N)C(N5CCCC5=O)C4)nc3)CC2)n1. The Morgan fingerprint density at radius 1 is 1.11 bits per heavy atom. The second-order valence-corrected chi connectivity index (χ2v) is 11.1. The van der Waals surface area contributed by atoms with E-state index in [0.717, 1.165) is 51.1 Å². The minimum absolute atomic E-state index is 0.0346. The lowest BCUT2D eigenvalue weighted by Crippen LogP contribution is -2.47. The van der Waals surface area contributed by atoms with Crippen molar-refractivity contribution in [3.8, 4) is 5.75 Å². The molecule has 5 heterocycles. The van der Waals surface area contributed by atoms with Gasteiger partial charge in [0.15, 0.2) is 11.6 Å². The van der Waals surface area contributed by atoms with Gasteiger partial charge >= 0.3 is 6.01 Å². The zero-order valence-corrected chi connectivity index (χ0v) is 22.3. The van der Waals surface area contributed by atoms with Gasteiger partial charge in [-0.3, -0.25) is 4.79 Å². The van der Waals surface area contributed by atoms with Crippen LogP contribution in [-0.4, -0.2) is 82.3 Å². The summed E-state index contributed by atoms with van der Waals surface area (Å²) in [7, 11) is 0. The number of amides is 1. The van der Waals surface area contributed by atoms with Crippen LogP contribution >= 0.6 is 0 Å². The maximum Gasteiger partial charge on any atom is 0.324 e. The number of rotatable bonds is 9. The van der Waals surface area contributed by atoms with E-state index < -0.39 is 0 Å². The van der Waals surface area contributed by atoms with Crippen molar-refractivity contribution in [2.45, 2.75) is 70.9 Å². The van der Waals surface area contributed by atoms with Gasteiger partial charge in [0.05, 0.1) is 25.0 Å². The maximum atomic E-state index is 12.1. The first-order chi connectivity index (χ1) is 17.9. The zero-order chi connectivity index (χ0) is 25.9. The summed E-state index contributed by atoms with van der Waals surface area (Å²) in [4.78, 5) is 31.9. The Kier molecular flexibility index (Phi) is 7.78. The lowest BCUT2D eigenvalue weighted by molar-refractivity contribution is -0.129. The normalized spacial score (nSPS) is 23.9. The summed E-state index contributed by atoms with van der Waals surface area (Å²) in [5, 5.41) is 4.09. The van der Waals surface area contributed by atoms with Crippen LogP contribution < -0.4 is 20.3 Å². The van der Waals surface area contributed by atoms with Crippen LogP contribution in [0, 0.1) is 11.8 Å². The fraction of sp³-hybridized carbons (Fsp3) is 0.731. The summed E-state index contributed by atoms with van der Waals surface area (Å²) in [5.41, 5.74) is 6.35. The molecule has 0 spiro atoms. The summed E-state index contributed by atoms with van der Waals surface area (Å²) in [6.07, 6.45) is 8.23. The highest BCUT2D eigenvalue weighted by Crippen LogP contribution is 2.30. The fourth-order valence-electron chi connectivity index (χ4n) is 5.72. The predicted octanol–water partition coefficient (Wildman–Crippen LogP) is 2.44. The number of piperidine rings is 1.